The van der Waals surface area contributed by atoms with Crippen molar-refractivity contribution < 1.29 is 18.8 Å². The van der Waals surface area contributed by atoms with Crippen molar-refractivity contribution in [1.29, 1.82) is 0 Å². The zero-order valence-corrected chi connectivity index (χ0v) is 17.3. The summed E-state index contributed by atoms with van der Waals surface area (Å²) in [7, 11) is 0. The molecule has 8 heteroatoms. The molecule has 1 fully saturated rings. The summed E-state index contributed by atoms with van der Waals surface area (Å²) in [6, 6.07) is 23.4. The van der Waals surface area contributed by atoms with Crippen molar-refractivity contribution in [3.05, 3.63) is 107 Å². The number of halogens is 1. The smallest absolute Gasteiger partial charge is 0.344 e. The van der Waals surface area contributed by atoms with E-state index in [4.69, 9.17) is 16.0 Å². The van der Waals surface area contributed by atoms with Gasteiger partial charge in [-0.2, -0.15) is 5.01 Å². The second-order valence-electron chi connectivity index (χ2n) is 7.29. The highest BCUT2D eigenvalue weighted by molar-refractivity contribution is 6.31. The Morgan fingerprint density at radius 2 is 1.53 bits per heavy atom. The van der Waals surface area contributed by atoms with Gasteiger partial charge < -0.3 is 9.73 Å². The van der Waals surface area contributed by atoms with Gasteiger partial charge in [0.2, 0.25) is 0 Å². The quantitative estimate of drug-likeness (QED) is 0.460. The number of imide groups is 1. The number of nitrogens with zero attached hydrogens (tertiary/aromatic N) is 1. The van der Waals surface area contributed by atoms with Crippen LogP contribution in [0.25, 0.3) is 11.0 Å². The van der Waals surface area contributed by atoms with E-state index in [2.05, 4.69) is 10.7 Å². The minimum Gasteiger partial charge on any atom is -0.451 e. The first-order valence-electron chi connectivity index (χ1n) is 9.77. The average Bonchev–Trinajstić information content (AvgIpc) is 3.35. The molecule has 1 aliphatic heterocycles. The lowest BCUT2D eigenvalue weighted by Crippen LogP contribution is -2.49. The second-order valence-corrected chi connectivity index (χ2v) is 7.72. The fraction of sp³-hybridized carbons (Fsp3) is 0.0417. The zero-order valence-electron chi connectivity index (χ0n) is 16.5. The maximum absolute atomic E-state index is 13.6. The molecule has 158 valence electrons. The summed E-state index contributed by atoms with van der Waals surface area (Å²) in [6.07, 6.45) is 0. The predicted molar refractivity (Wildman–Crippen MR) is 118 cm³/mol. The standard InChI is InChI=1S/C24H16ClN3O4/c25-18-11-12-19-15(13-18)14-20(32-19)21(29)27-28-22(30)24(26-23(28)31,16-7-3-1-4-8-16)17-9-5-2-6-10-17/h1-14H,(H,26,31)(H,27,29). The molecule has 0 unspecified atom stereocenters. The normalized spacial score (nSPS) is 15.1. The van der Waals surface area contributed by atoms with Crippen LogP contribution in [-0.4, -0.2) is 22.9 Å². The Morgan fingerprint density at radius 1 is 0.906 bits per heavy atom. The predicted octanol–water partition coefficient (Wildman–Crippen LogP) is 4.23. The van der Waals surface area contributed by atoms with Crippen LogP contribution in [-0.2, 0) is 10.3 Å². The molecule has 4 aromatic rings. The number of benzene rings is 3. The van der Waals surface area contributed by atoms with Crippen molar-refractivity contribution in [2.75, 3.05) is 0 Å². The molecule has 1 saturated heterocycles. The number of rotatable bonds is 4. The van der Waals surface area contributed by atoms with Gasteiger partial charge in [0.05, 0.1) is 0 Å². The first-order chi connectivity index (χ1) is 15.5. The molecule has 1 aliphatic rings. The van der Waals surface area contributed by atoms with Crippen molar-refractivity contribution in [2.45, 2.75) is 5.54 Å². The molecule has 0 atom stereocenters. The molecule has 4 amide bonds. The minimum atomic E-state index is -1.48. The van der Waals surface area contributed by atoms with Gasteiger partial charge in [-0.3, -0.25) is 9.59 Å². The number of furan rings is 1. The number of hydrogen-bond donors (Lipinski definition) is 2. The Hall–Kier alpha value is -4.10. The van der Waals surface area contributed by atoms with Crippen LogP contribution in [0.3, 0.4) is 0 Å². The molecule has 0 bridgehead atoms. The third-order valence-electron chi connectivity index (χ3n) is 5.35. The molecule has 0 radical (unpaired) electrons. The Labute approximate surface area is 187 Å². The number of amides is 4. The largest absolute Gasteiger partial charge is 0.451 e. The number of fused-ring (bicyclic) bond motifs is 1. The first kappa shape index (κ1) is 19.8. The van der Waals surface area contributed by atoms with Crippen LogP contribution >= 0.6 is 11.6 Å². The Morgan fingerprint density at radius 3 is 2.16 bits per heavy atom. The molecule has 32 heavy (non-hydrogen) atoms. The van der Waals surface area contributed by atoms with Gasteiger partial charge in [-0.05, 0) is 35.4 Å². The molecule has 1 aromatic heterocycles. The van der Waals surface area contributed by atoms with Gasteiger partial charge in [-0.25, -0.2) is 10.2 Å². The van der Waals surface area contributed by atoms with E-state index in [1.54, 1.807) is 66.7 Å². The van der Waals surface area contributed by atoms with E-state index in [1.807, 2.05) is 12.1 Å². The summed E-state index contributed by atoms with van der Waals surface area (Å²) in [4.78, 5) is 39.3. The first-order valence-corrected chi connectivity index (χ1v) is 10.1. The van der Waals surface area contributed by atoms with Crippen LogP contribution in [0.15, 0.2) is 89.3 Å². The van der Waals surface area contributed by atoms with Gasteiger partial charge in [0, 0.05) is 10.4 Å². The number of hydrazine groups is 1. The van der Waals surface area contributed by atoms with Crippen LogP contribution in [0.2, 0.25) is 5.02 Å². The summed E-state index contributed by atoms with van der Waals surface area (Å²) >= 11 is 5.98. The van der Waals surface area contributed by atoms with Crippen molar-refractivity contribution in [2.24, 2.45) is 0 Å². The van der Waals surface area contributed by atoms with E-state index in [0.29, 0.717) is 32.1 Å². The molecule has 2 heterocycles. The molecule has 0 aliphatic carbocycles. The van der Waals surface area contributed by atoms with E-state index in [0.717, 1.165) is 0 Å². The maximum Gasteiger partial charge on any atom is 0.344 e. The van der Waals surface area contributed by atoms with Crippen molar-refractivity contribution in [3.63, 3.8) is 0 Å². The highest BCUT2D eigenvalue weighted by Crippen LogP contribution is 2.35. The van der Waals surface area contributed by atoms with Crippen LogP contribution < -0.4 is 10.7 Å². The molecule has 0 saturated carbocycles. The molecule has 5 rings (SSSR count). The van der Waals surface area contributed by atoms with Crippen LogP contribution in [0.5, 0.6) is 0 Å². The summed E-state index contributed by atoms with van der Waals surface area (Å²) in [5, 5.41) is 4.57. The Bertz CT molecular complexity index is 1310. The topological polar surface area (TPSA) is 91.7 Å². The number of nitrogens with one attached hydrogen (secondary N) is 2. The second kappa shape index (κ2) is 7.55. The molecular weight excluding hydrogens is 430 g/mol. The van der Waals surface area contributed by atoms with E-state index in [1.165, 1.54) is 6.07 Å². The zero-order chi connectivity index (χ0) is 22.3. The lowest BCUT2D eigenvalue weighted by molar-refractivity contribution is -0.131. The lowest BCUT2D eigenvalue weighted by atomic mass is 9.83. The molecular formula is C24H16ClN3O4. The number of carbonyl (C=O) groups is 3. The molecule has 2 N–H and O–H groups in total. The molecule has 3 aromatic carbocycles. The number of carbonyl (C=O) groups excluding carboxylic acids is 3. The van der Waals surface area contributed by atoms with Crippen molar-refractivity contribution in [1.82, 2.24) is 15.8 Å². The minimum absolute atomic E-state index is 0.0558. The third kappa shape index (κ3) is 3.11. The number of hydrogen-bond acceptors (Lipinski definition) is 4. The Kier molecular flexibility index (Phi) is 4.68. The van der Waals surface area contributed by atoms with Crippen LogP contribution in [0.1, 0.15) is 21.7 Å². The van der Waals surface area contributed by atoms with Gasteiger partial charge in [0.15, 0.2) is 11.3 Å². The van der Waals surface area contributed by atoms with Crippen molar-refractivity contribution >= 4 is 40.4 Å². The van der Waals surface area contributed by atoms with E-state index in [-0.39, 0.29) is 5.76 Å². The molecule has 0 spiro atoms. The SMILES string of the molecule is O=C(NN1C(=O)NC(c2ccccc2)(c2ccccc2)C1=O)c1cc2cc(Cl)ccc2o1. The fourth-order valence-electron chi connectivity index (χ4n) is 3.85. The van der Waals surface area contributed by atoms with Gasteiger partial charge in [0.25, 0.3) is 5.91 Å². The van der Waals surface area contributed by atoms with E-state index in [9.17, 15) is 14.4 Å². The summed E-state index contributed by atoms with van der Waals surface area (Å²) < 4.78 is 5.55. The van der Waals surface area contributed by atoms with Gasteiger partial charge >= 0.3 is 11.9 Å². The highest BCUT2D eigenvalue weighted by Gasteiger charge is 2.54. The van der Waals surface area contributed by atoms with Crippen molar-refractivity contribution in [3.8, 4) is 0 Å². The van der Waals surface area contributed by atoms with E-state index >= 15 is 0 Å². The lowest BCUT2D eigenvalue weighted by Gasteiger charge is -2.27. The van der Waals surface area contributed by atoms with Gasteiger partial charge in [-0.15, -0.1) is 0 Å². The molecule has 7 nitrogen and oxygen atoms in total. The van der Waals surface area contributed by atoms with Gasteiger partial charge in [-0.1, -0.05) is 72.3 Å². The van der Waals surface area contributed by atoms with Crippen LogP contribution in [0, 0.1) is 0 Å². The highest BCUT2D eigenvalue weighted by atomic mass is 35.5. The summed E-state index contributed by atoms with van der Waals surface area (Å²) in [6.45, 7) is 0. The van der Waals surface area contributed by atoms with Gasteiger partial charge in [0.1, 0.15) is 5.58 Å². The Balaban J connectivity index is 1.51. The summed E-state index contributed by atoms with van der Waals surface area (Å²) in [5.41, 5.74) is 2.49. The average molecular weight is 446 g/mol. The van der Waals surface area contributed by atoms with Crippen LogP contribution in [0.4, 0.5) is 4.79 Å². The fourth-order valence-corrected chi connectivity index (χ4v) is 4.03. The van der Waals surface area contributed by atoms with E-state index < -0.39 is 23.4 Å². The maximum atomic E-state index is 13.6. The number of urea groups is 1. The third-order valence-corrected chi connectivity index (χ3v) is 5.59. The monoisotopic (exact) mass is 445 g/mol. The summed E-state index contributed by atoms with van der Waals surface area (Å²) in [5.74, 6) is -1.43.